The van der Waals surface area contributed by atoms with Gasteiger partial charge in [-0.3, -0.25) is 5.10 Å². The highest BCUT2D eigenvalue weighted by atomic mass is 79.9. The zero-order valence-electron chi connectivity index (χ0n) is 9.03. The Morgan fingerprint density at radius 1 is 1.29 bits per heavy atom. The molecular weight excluding hydrogens is 302 g/mol. The molecule has 17 heavy (non-hydrogen) atoms. The molecule has 1 saturated carbocycles. The molecule has 0 aliphatic heterocycles. The van der Waals surface area contributed by atoms with Crippen LogP contribution in [0.15, 0.2) is 30.6 Å². The number of nitrogens with zero attached hydrogens (tertiary/aromatic N) is 2. The molecule has 3 nitrogen and oxygen atoms in total. The second-order valence-corrected chi connectivity index (χ2v) is 6.16. The summed E-state index contributed by atoms with van der Waals surface area (Å²) in [5, 5.41) is 7.72. The SMILES string of the molecule is Clc1ccc(C2(c3ncn[nH]3)CC(Br)C2)cc1. The number of nitrogens with one attached hydrogen (secondary N) is 1. The number of alkyl halides is 1. The third kappa shape index (κ3) is 1.79. The zero-order valence-corrected chi connectivity index (χ0v) is 11.4. The maximum atomic E-state index is 5.93. The Bertz CT molecular complexity index is 503. The Kier molecular flexibility index (Phi) is 2.71. The predicted molar refractivity (Wildman–Crippen MR) is 70.6 cm³/mol. The number of aromatic amines is 1. The number of halogens is 2. The summed E-state index contributed by atoms with van der Waals surface area (Å²) in [7, 11) is 0. The fourth-order valence-electron chi connectivity index (χ4n) is 2.47. The van der Waals surface area contributed by atoms with E-state index in [4.69, 9.17) is 11.6 Å². The van der Waals surface area contributed by atoms with E-state index in [2.05, 4.69) is 43.2 Å². The van der Waals surface area contributed by atoms with Gasteiger partial charge < -0.3 is 0 Å². The maximum Gasteiger partial charge on any atom is 0.137 e. The lowest BCUT2D eigenvalue weighted by molar-refractivity contribution is 0.302. The van der Waals surface area contributed by atoms with Crippen molar-refractivity contribution in [2.24, 2.45) is 0 Å². The average molecular weight is 313 g/mol. The fourth-order valence-corrected chi connectivity index (χ4v) is 3.70. The van der Waals surface area contributed by atoms with E-state index in [9.17, 15) is 0 Å². The number of rotatable bonds is 2. The van der Waals surface area contributed by atoms with Crippen LogP contribution < -0.4 is 0 Å². The predicted octanol–water partition coefficient (Wildman–Crippen LogP) is 3.30. The molecule has 0 atom stereocenters. The van der Waals surface area contributed by atoms with Gasteiger partial charge in [-0.2, -0.15) is 5.10 Å². The van der Waals surface area contributed by atoms with Gasteiger partial charge in [-0.15, -0.1) is 0 Å². The van der Waals surface area contributed by atoms with Crippen LogP contribution in [0.2, 0.25) is 5.02 Å². The topological polar surface area (TPSA) is 41.6 Å². The van der Waals surface area contributed by atoms with Gasteiger partial charge in [0.05, 0.1) is 5.41 Å². The molecule has 2 aromatic rings. The summed E-state index contributed by atoms with van der Waals surface area (Å²) in [5.41, 5.74) is 1.21. The van der Waals surface area contributed by atoms with Crippen LogP contribution in [0, 0.1) is 0 Å². The molecular formula is C12H11BrClN3. The number of aromatic nitrogens is 3. The van der Waals surface area contributed by atoms with Gasteiger partial charge in [-0.05, 0) is 30.5 Å². The summed E-state index contributed by atoms with van der Waals surface area (Å²) in [5.74, 6) is 0.940. The van der Waals surface area contributed by atoms with Crippen LogP contribution in [-0.2, 0) is 5.41 Å². The Hall–Kier alpha value is -0.870. The zero-order chi connectivity index (χ0) is 11.9. The van der Waals surface area contributed by atoms with Crippen molar-refractivity contribution >= 4 is 27.5 Å². The molecule has 0 amide bonds. The standard InChI is InChI=1S/C12H11BrClN3/c13-9-5-12(6-9,11-15-7-16-17-11)8-1-3-10(14)4-2-8/h1-4,7,9H,5-6H2,(H,15,16,17). The van der Waals surface area contributed by atoms with Crippen LogP contribution in [0.5, 0.6) is 0 Å². The first kappa shape index (κ1) is 11.2. The summed E-state index contributed by atoms with van der Waals surface area (Å²) in [6.45, 7) is 0. The lowest BCUT2D eigenvalue weighted by Crippen LogP contribution is -2.43. The normalized spacial score (nSPS) is 27.8. The Balaban J connectivity index is 2.04. The molecule has 5 heteroatoms. The number of hydrogen-bond donors (Lipinski definition) is 1. The molecule has 1 aromatic carbocycles. The molecule has 1 aliphatic rings. The van der Waals surface area contributed by atoms with Crippen molar-refractivity contribution in [2.45, 2.75) is 23.1 Å². The lowest BCUT2D eigenvalue weighted by atomic mass is 9.64. The minimum absolute atomic E-state index is 0.0325. The summed E-state index contributed by atoms with van der Waals surface area (Å²) in [6.07, 6.45) is 3.63. The van der Waals surface area contributed by atoms with E-state index >= 15 is 0 Å². The van der Waals surface area contributed by atoms with E-state index in [1.165, 1.54) is 5.56 Å². The average Bonchev–Trinajstić information content (AvgIpc) is 2.79. The molecule has 88 valence electrons. The van der Waals surface area contributed by atoms with Crippen molar-refractivity contribution in [3.63, 3.8) is 0 Å². The molecule has 0 bridgehead atoms. The number of benzene rings is 1. The maximum absolute atomic E-state index is 5.93. The Morgan fingerprint density at radius 3 is 2.53 bits per heavy atom. The smallest absolute Gasteiger partial charge is 0.137 e. The third-order valence-electron chi connectivity index (χ3n) is 3.41. The second kappa shape index (κ2) is 4.10. The van der Waals surface area contributed by atoms with Crippen LogP contribution in [0.1, 0.15) is 24.2 Å². The molecule has 1 N–H and O–H groups in total. The van der Waals surface area contributed by atoms with Crippen LogP contribution >= 0.6 is 27.5 Å². The quantitative estimate of drug-likeness (QED) is 0.865. The Morgan fingerprint density at radius 2 is 2.00 bits per heavy atom. The highest BCUT2D eigenvalue weighted by molar-refractivity contribution is 9.09. The summed E-state index contributed by atoms with van der Waals surface area (Å²) >= 11 is 9.58. The largest absolute Gasteiger partial charge is 0.263 e. The van der Waals surface area contributed by atoms with Gasteiger partial charge in [-0.25, -0.2) is 4.98 Å². The fraction of sp³-hybridized carbons (Fsp3) is 0.333. The molecule has 0 radical (unpaired) electrons. The van der Waals surface area contributed by atoms with Gasteiger partial charge in [0, 0.05) is 9.85 Å². The van der Waals surface area contributed by atoms with E-state index < -0.39 is 0 Å². The number of H-pyrrole nitrogens is 1. The van der Waals surface area contributed by atoms with Crippen LogP contribution in [0.4, 0.5) is 0 Å². The van der Waals surface area contributed by atoms with Gasteiger partial charge in [0.25, 0.3) is 0 Å². The molecule has 1 fully saturated rings. The van der Waals surface area contributed by atoms with Gasteiger partial charge in [-0.1, -0.05) is 39.7 Å². The van der Waals surface area contributed by atoms with E-state index in [0.29, 0.717) is 4.83 Å². The molecule has 0 saturated heterocycles. The highest BCUT2D eigenvalue weighted by Gasteiger charge is 2.48. The van der Waals surface area contributed by atoms with E-state index in [0.717, 1.165) is 23.7 Å². The lowest BCUT2D eigenvalue weighted by Gasteiger charge is -2.44. The van der Waals surface area contributed by atoms with Crippen molar-refractivity contribution in [3.8, 4) is 0 Å². The van der Waals surface area contributed by atoms with Crippen LogP contribution in [0.3, 0.4) is 0 Å². The van der Waals surface area contributed by atoms with E-state index in [1.807, 2.05) is 12.1 Å². The third-order valence-corrected chi connectivity index (χ3v) is 4.30. The first-order chi connectivity index (χ1) is 8.21. The van der Waals surface area contributed by atoms with Crippen molar-refractivity contribution in [1.82, 2.24) is 15.2 Å². The molecule has 1 aliphatic carbocycles. The van der Waals surface area contributed by atoms with E-state index in [-0.39, 0.29) is 5.41 Å². The van der Waals surface area contributed by atoms with Crippen molar-refractivity contribution in [3.05, 3.63) is 47.0 Å². The summed E-state index contributed by atoms with van der Waals surface area (Å²) < 4.78 is 0. The molecule has 0 unspecified atom stereocenters. The molecule has 0 spiro atoms. The Labute approximate surface area is 113 Å². The van der Waals surface area contributed by atoms with Crippen molar-refractivity contribution in [1.29, 1.82) is 0 Å². The molecule has 1 heterocycles. The first-order valence-electron chi connectivity index (χ1n) is 5.47. The highest BCUT2D eigenvalue weighted by Crippen LogP contribution is 2.50. The minimum atomic E-state index is -0.0325. The monoisotopic (exact) mass is 311 g/mol. The second-order valence-electron chi connectivity index (χ2n) is 4.43. The molecule has 1 aromatic heterocycles. The van der Waals surface area contributed by atoms with Crippen molar-refractivity contribution < 1.29 is 0 Å². The summed E-state index contributed by atoms with van der Waals surface area (Å²) in [4.78, 5) is 4.87. The first-order valence-corrected chi connectivity index (χ1v) is 6.76. The van der Waals surface area contributed by atoms with E-state index in [1.54, 1.807) is 6.33 Å². The van der Waals surface area contributed by atoms with Crippen LogP contribution in [0.25, 0.3) is 0 Å². The van der Waals surface area contributed by atoms with Gasteiger partial charge in [0.15, 0.2) is 0 Å². The molecule has 3 rings (SSSR count). The van der Waals surface area contributed by atoms with Gasteiger partial charge in [0.1, 0.15) is 12.2 Å². The minimum Gasteiger partial charge on any atom is -0.263 e. The van der Waals surface area contributed by atoms with Crippen LogP contribution in [-0.4, -0.2) is 20.0 Å². The van der Waals surface area contributed by atoms with Crippen molar-refractivity contribution in [2.75, 3.05) is 0 Å². The van der Waals surface area contributed by atoms with Gasteiger partial charge >= 0.3 is 0 Å². The summed E-state index contributed by atoms with van der Waals surface area (Å²) in [6, 6.07) is 8.00. The number of hydrogen-bond acceptors (Lipinski definition) is 2. The van der Waals surface area contributed by atoms with Gasteiger partial charge in [0.2, 0.25) is 0 Å².